The Balaban J connectivity index is 2.18. The van der Waals surface area contributed by atoms with Crippen molar-refractivity contribution in [1.29, 1.82) is 0 Å². The number of fused-ring (bicyclic) bond motifs is 2. The number of methoxy groups -OCH3 is 1. The summed E-state index contributed by atoms with van der Waals surface area (Å²) in [6.07, 6.45) is 1.82. The Kier molecular flexibility index (Phi) is 3.60. The molecule has 3 rings (SSSR count). The van der Waals surface area contributed by atoms with Crippen LogP contribution in [0.15, 0.2) is 30.0 Å². The van der Waals surface area contributed by atoms with Gasteiger partial charge in [0.15, 0.2) is 0 Å². The van der Waals surface area contributed by atoms with Crippen molar-refractivity contribution in [2.45, 2.75) is 45.5 Å². The van der Waals surface area contributed by atoms with Crippen LogP contribution < -0.4 is 9.64 Å². The predicted octanol–water partition coefficient (Wildman–Crippen LogP) is 2.36. The minimum Gasteiger partial charge on any atom is -0.497 e. The molecule has 5 heteroatoms. The molecule has 2 atom stereocenters. The molecule has 0 bridgehead atoms. The summed E-state index contributed by atoms with van der Waals surface area (Å²) in [5, 5.41) is 10.9. The van der Waals surface area contributed by atoms with E-state index in [-0.39, 0.29) is 18.0 Å². The highest BCUT2D eigenvalue weighted by atomic mass is 16.5. The summed E-state index contributed by atoms with van der Waals surface area (Å²) in [5.41, 5.74) is 2.43. The number of rotatable bonds is 2. The average Bonchev–Trinajstić information content (AvgIpc) is 2.85. The average molecular weight is 302 g/mol. The Morgan fingerprint density at radius 3 is 2.73 bits per heavy atom. The SMILES string of the molecule is COc1ccc2c(c1)C(=O)N1C=C(C)CC1C(O)N2C(C)C. The summed E-state index contributed by atoms with van der Waals surface area (Å²) in [6.45, 7) is 6.03. The van der Waals surface area contributed by atoms with Gasteiger partial charge in [0.2, 0.25) is 0 Å². The largest absolute Gasteiger partial charge is 0.497 e. The first kappa shape index (κ1) is 14.9. The monoisotopic (exact) mass is 302 g/mol. The standard InChI is InChI=1S/C17H22N2O3/c1-10(2)19-14-6-5-12(22-4)8-13(14)16(20)18-9-11(3)7-15(18)17(19)21/h5-6,8-10,15,17,21H,7H2,1-4H3. The van der Waals surface area contributed by atoms with E-state index < -0.39 is 6.23 Å². The van der Waals surface area contributed by atoms with Crippen LogP contribution in [0.2, 0.25) is 0 Å². The van der Waals surface area contributed by atoms with Crippen LogP contribution in [0.4, 0.5) is 5.69 Å². The van der Waals surface area contributed by atoms with Crippen molar-refractivity contribution in [1.82, 2.24) is 4.90 Å². The molecule has 0 saturated carbocycles. The normalized spacial score (nSPS) is 24.1. The molecule has 0 spiro atoms. The molecule has 2 aliphatic rings. The minimum absolute atomic E-state index is 0.0794. The number of hydrogen-bond donors (Lipinski definition) is 1. The minimum atomic E-state index is -0.729. The number of aliphatic hydroxyl groups excluding tert-OH is 1. The van der Waals surface area contributed by atoms with Gasteiger partial charge in [-0.15, -0.1) is 0 Å². The lowest BCUT2D eigenvalue weighted by Gasteiger charge is -2.36. The molecule has 0 saturated heterocycles. The number of carbonyl (C=O) groups is 1. The van der Waals surface area contributed by atoms with E-state index in [4.69, 9.17) is 4.74 Å². The number of anilines is 1. The summed E-state index contributed by atoms with van der Waals surface area (Å²) < 4.78 is 5.26. The molecule has 1 amide bonds. The third-order valence-corrected chi connectivity index (χ3v) is 4.38. The Hall–Kier alpha value is -2.01. The van der Waals surface area contributed by atoms with Gasteiger partial charge < -0.3 is 19.6 Å². The molecule has 1 N–H and O–H groups in total. The van der Waals surface area contributed by atoms with Crippen LogP contribution >= 0.6 is 0 Å². The van der Waals surface area contributed by atoms with Crippen LogP contribution in [0.3, 0.4) is 0 Å². The van der Waals surface area contributed by atoms with Crippen molar-refractivity contribution in [3.05, 3.63) is 35.5 Å². The van der Waals surface area contributed by atoms with Crippen LogP contribution in [-0.2, 0) is 0 Å². The maximum absolute atomic E-state index is 12.9. The fraction of sp³-hybridized carbons (Fsp3) is 0.471. The smallest absolute Gasteiger partial charge is 0.260 e. The van der Waals surface area contributed by atoms with Crippen molar-refractivity contribution >= 4 is 11.6 Å². The molecular weight excluding hydrogens is 280 g/mol. The Labute approximate surface area is 130 Å². The van der Waals surface area contributed by atoms with Crippen molar-refractivity contribution in [2.75, 3.05) is 12.0 Å². The molecule has 0 aliphatic carbocycles. The van der Waals surface area contributed by atoms with Gasteiger partial charge in [-0.25, -0.2) is 0 Å². The molecule has 0 aromatic heterocycles. The number of benzene rings is 1. The predicted molar refractivity (Wildman–Crippen MR) is 84.9 cm³/mol. The zero-order valence-corrected chi connectivity index (χ0v) is 13.4. The topological polar surface area (TPSA) is 53.0 Å². The van der Waals surface area contributed by atoms with E-state index >= 15 is 0 Å². The van der Waals surface area contributed by atoms with E-state index in [9.17, 15) is 9.90 Å². The van der Waals surface area contributed by atoms with Crippen molar-refractivity contribution in [3.63, 3.8) is 0 Å². The summed E-state index contributed by atoms with van der Waals surface area (Å²) in [7, 11) is 1.58. The summed E-state index contributed by atoms with van der Waals surface area (Å²) >= 11 is 0. The Bertz CT molecular complexity index is 639. The van der Waals surface area contributed by atoms with Crippen molar-refractivity contribution < 1.29 is 14.6 Å². The van der Waals surface area contributed by atoms with E-state index in [1.54, 1.807) is 18.1 Å². The van der Waals surface area contributed by atoms with Gasteiger partial charge in [-0.1, -0.05) is 5.57 Å². The van der Waals surface area contributed by atoms with E-state index in [2.05, 4.69) is 0 Å². The summed E-state index contributed by atoms with van der Waals surface area (Å²) in [4.78, 5) is 16.5. The van der Waals surface area contributed by atoms with Crippen LogP contribution in [0, 0.1) is 0 Å². The van der Waals surface area contributed by atoms with Gasteiger partial charge in [0, 0.05) is 12.2 Å². The number of hydrogen-bond acceptors (Lipinski definition) is 4. The van der Waals surface area contributed by atoms with Crippen molar-refractivity contribution in [2.24, 2.45) is 0 Å². The third-order valence-electron chi connectivity index (χ3n) is 4.38. The molecule has 118 valence electrons. The van der Waals surface area contributed by atoms with Crippen LogP contribution in [-0.4, -0.2) is 41.3 Å². The molecule has 1 aromatic rings. The molecule has 0 fully saturated rings. The lowest BCUT2D eigenvalue weighted by molar-refractivity contribution is 0.0560. The van der Waals surface area contributed by atoms with Gasteiger partial charge in [-0.3, -0.25) is 4.79 Å². The zero-order chi connectivity index (χ0) is 16.0. The summed E-state index contributed by atoms with van der Waals surface area (Å²) in [5.74, 6) is 0.557. The van der Waals surface area contributed by atoms with Gasteiger partial charge >= 0.3 is 0 Å². The molecule has 2 heterocycles. The maximum atomic E-state index is 12.9. The number of amides is 1. The van der Waals surface area contributed by atoms with E-state index in [0.717, 1.165) is 11.3 Å². The molecule has 2 aliphatic heterocycles. The van der Waals surface area contributed by atoms with Gasteiger partial charge in [0.1, 0.15) is 12.0 Å². The fourth-order valence-corrected chi connectivity index (χ4v) is 3.36. The fourth-order valence-electron chi connectivity index (χ4n) is 3.36. The first-order valence-electron chi connectivity index (χ1n) is 7.58. The molecule has 0 radical (unpaired) electrons. The molecule has 5 nitrogen and oxygen atoms in total. The third kappa shape index (κ3) is 2.16. The van der Waals surface area contributed by atoms with Gasteiger partial charge in [0.05, 0.1) is 24.4 Å². The van der Waals surface area contributed by atoms with Gasteiger partial charge in [-0.2, -0.15) is 0 Å². The van der Waals surface area contributed by atoms with Crippen LogP contribution in [0.25, 0.3) is 0 Å². The second-order valence-corrected chi connectivity index (χ2v) is 6.26. The maximum Gasteiger partial charge on any atom is 0.260 e. The quantitative estimate of drug-likeness (QED) is 0.911. The lowest BCUT2D eigenvalue weighted by atomic mass is 10.1. The van der Waals surface area contributed by atoms with E-state index in [1.165, 1.54) is 0 Å². The lowest BCUT2D eigenvalue weighted by Crippen LogP contribution is -2.50. The number of ether oxygens (including phenoxy) is 1. The molecule has 1 aromatic carbocycles. The first-order valence-corrected chi connectivity index (χ1v) is 7.58. The highest BCUT2D eigenvalue weighted by Crippen LogP contribution is 2.38. The number of aliphatic hydroxyl groups is 1. The molecule has 22 heavy (non-hydrogen) atoms. The first-order chi connectivity index (χ1) is 10.4. The van der Waals surface area contributed by atoms with E-state index in [0.29, 0.717) is 17.7 Å². The Morgan fingerprint density at radius 2 is 2.09 bits per heavy atom. The molecule has 2 unspecified atom stereocenters. The molecular formula is C17H22N2O3. The Morgan fingerprint density at radius 1 is 1.36 bits per heavy atom. The van der Waals surface area contributed by atoms with Gasteiger partial charge in [0.25, 0.3) is 5.91 Å². The van der Waals surface area contributed by atoms with E-state index in [1.807, 2.05) is 44.0 Å². The highest BCUT2D eigenvalue weighted by Gasteiger charge is 2.42. The summed E-state index contributed by atoms with van der Waals surface area (Å²) in [6, 6.07) is 5.27. The second kappa shape index (κ2) is 5.32. The van der Waals surface area contributed by atoms with Crippen LogP contribution in [0.1, 0.15) is 37.6 Å². The van der Waals surface area contributed by atoms with Crippen LogP contribution in [0.5, 0.6) is 5.75 Å². The van der Waals surface area contributed by atoms with Gasteiger partial charge in [-0.05, 0) is 45.4 Å². The second-order valence-electron chi connectivity index (χ2n) is 6.26. The van der Waals surface area contributed by atoms with Crippen molar-refractivity contribution in [3.8, 4) is 5.75 Å². The highest BCUT2D eigenvalue weighted by molar-refractivity contribution is 6.02. The number of nitrogens with zero attached hydrogens (tertiary/aromatic N) is 2. The number of carbonyl (C=O) groups excluding carboxylic acids is 1. The zero-order valence-electron chi connectivity index (χ0n) is 13.4.